The van der Waals surface area contributed by atoms with E-state index >= 15 is 0 Å². The molecular weight excluding hydrogens is 408 g/mol. The van der Waals surface area contributed by atoms with Crippen LogP contribution < -0.4 is 11.3 Å². The maximum absolute atomic E-state index is 12.7. The minimum Gasteiger partial charge on any atom is -0.369 e. The number of carbonyl (C=O) groups is 2. The molecule has 9 heteroatoms. The second-order valence-electron chi connectivity index (χ2n) is 7.78. The van der Waals surface area contributed by atoms with Crippen LogP contribution in [-0.4, -0.2) is 45.5 Å². The van der Waals surface area contributed by atoms with Crippen molar-refractivity contribution in [2.45, 2.75) is 51.6 Å². The van der Waals surface area contributed by atoms with E-state index in [1.165, 1.54) is 23.1 Å². The van der Waals surface area contributed by atoms with Crippen LogP contribution in [0.15, 0.2) is 9.95 Å². The van der Waals surface area contributed by atoms with Gasteiger partial charge in [0.2, 0.25) is 11.8 Å². The quantitative estimate of drug-likeness (QED) is 0.512. The van der Waals surface area contributed by atoms with Crippen LogP contribution in [0.25, 0.3) is 10.2 Å². The lowest BCUT2D eigenvalue weighted by atomic mass is 9.97. The lowest BCUT2D eigenvalue weighted by Crippen LogP contribution is -2.44. The fourth-order valence-electron chi connectivity index (χ4n) is 3.62. The van der Waals surface area contributed by atoms with Gasteiger partial charge in [-0.15, -0.1) is 11.3 Å². The van der Waals surface area contributed by atoms with E-state index in [-0.39, 0.29) is 29.0 Å². The standard InChI is InChI=1S/C20H28N4O3S2/c1-4-11(2)8-14-12(3)29-19-16(14)18(27)22-20(23-19)28-10-15(25)24-7-5-6-13(9-24)17(21)26/h11,13H,4-10H2,1-3H3,(H2,21,26)(H,22,23,27). The summed E-state index contributed by atoms with van der Waals surface area (Å²) in [6, 6.07) is 0. The van der Waals surface area contributed by atoms with Crippen molar-refractivity contribution in [3.05, 3.63) is 20.8 Å². The predicted octanol–water partition coefficient (Wildman–Crippen LogP) is 2.70. The fraction of sp³-hybridized carbons (Fsp3) is 0.600. The SMILES string of the molecule is CCC(C)Cc1c(C)sc2nc(SCC(=O)N3CCCC(C(N)=O)C3)[nH]c(=O)c12. The number of aryl methyl sites for hydroxylation is 1. The van der Waals surface area contributed by atoms with Gasteiger partial charge < -0.3 is 15.6 Å². The smallest absolute Gasteiger partial charge is 0.260 e. The molecule has 1 aliphatic rings. The summed E-state index contributed by atoms with van der Waals surface area (Å²) in [4.78, 5) is 47.6. The molecule has 0 aliphatic carbocycles. The van der Waals surface area contributed by atoms with Crippen molar-refractivity contribution in [1.82, 2.24) is 14.9 Å². The first kappa shape index (κ1) is 21.8. The van der Waals surface area contributed by atoms with Crippen LogP contribution in [0.1, 0.15) is 43.6 Å². The fourth-order valence-corrected chi connectivity index (χ4v) is 5.49. The molecule has 1 saturated heterocycles. The number of hydrogen-bond acceptors (Lipinski definition) is 6. The maximum atomic E-state index is 12.7. The minimum absolute atomic E-state index is 0.0662. The number of likely N-dealkylation sites (tertiary alicyclic amines) is 1. The second kappa shape index (κ2) is 9.30. The number of H-pyrrole nitrogens is 1. The molecule has 29 heavy (non-hydrogen) atoms. The van der Waals surface area contributed by atoms with E-state index in [0.717, 1.165) is 41.0 Å². The van der Waals surface area contributed by atoms with Crippen molar-refractivity contribution in [3.63, 3.8) is 0 Å². The van der Waals surface area contributed by atoms with Crippen LogP contribution in [0.3, 0.4) is 0 Å². The van der Waals surface area contributed by atoms with Gasteiger partial charge in [0.15, 0.2) is 5.16 Å². The highest BCUT2D eigenvalue weighted by Gasteiger charge is 2.27. The molecule has 7 nitrogen and oxygen atoms in total. The molecule has 1 aliphatic heterocycles. The van der Waals surface area contributed by atoms with Gasteiger partial charge in [-0.25, -0.2) is 4.98 Å². The van der Waals surface area contributed by atoms with E-state index in [4.69, 9.17) is 5.73 Å². The summed E-state index contributed by atoms with van der Waals surface area (Å²) in [6.45, 7) is 7.38. The molecule has 3 N–H and O–H groups in total. The largest absolute Gasteiger partial charge is 0.369 e. The average molecular weight is 437 g/mol. The Hall–Kier alpha value is -1.87. The molecule has 2 atom stereocenters. The van der Waals surface area contributed by atoms with E-state index < -0.39 is 0 Å². The average Bonchev–Trinajstić information content (AvgIpc) is 3.01. The van der Waals surface area contributed by atoms with E-state index in [2.05, 4.69) is 23.8 Å². The summed E-state index contributed by atoms with van der Waals surface area (Å²) in [5.74, 6) is -0.0166. The Labute approximate surface area is 178 Å². The lowest BCUT2D eigenvalue weighted by Gasteiger charge is -2.31. The van der Waals surface area contributed by atoms with Gasteiger partial charge in [0, 0.05) is 18.0 Å². The number of nitrogens with two attached hydrogens (primary N) is 1. The number of fused-ring (bicyclic) bond motifs is 1. The number of aromatic nitrogens is 2. The summed E-state index contributed by atoms with van der Waals surface area (Å²) in [6.07, 6.45) is 3.44. The first-order chi connectivity index (χ1) is 13.8. The van der Waals surface area contributed by atoms with Crippen molar-refractivity contribution in [2.75, 3.05) is 18.8 Å². The predicted molar refractivity (Wildman–Crippen MR) is 117 cm³/mol. The number of thiophene rings is 1. The highest BCUT2D eigenvalue weighted by Crippen LogP contribution is 2.30. The Balaban J connectivity index is 1.72. The molecule has 0 saturated carbocycles. The maximum Gasteiger partial charge on any atom is 0.260 e. The Morgan fingerprint density at radius 1 is 1.45 bits per heavy atom. The Bertz CT molecular complexity index is 969. The van der Waals surface area contributed by atoms with E-state index in [1.54, 1.807) is 4.90 Å². The molecule has 2 aromatic heterocycles. The molecule has 2 unspecified atom stereocenters. The second-order valence-corrected chi connectivity index (χ2v) is 9.94. The van der Waals surface area contributed by atoms with Crippen LogP contribution in [0.5, 0.6) is 0 Å². The van der Waals surface area contributed by atoms with Crippen LogP contribution in [0.2, 0.25) is 0 Å². The summed E-state index contributed by atoms with van der Waals surface area (Å²) in [7, 11) is 0. The monoisotopic (exact) mass is 436 g/mol. The van der Waals surface area contributed by atoms with Crippen LogP contribution in [-0.2, 0) is 16.0 Å². The first-order valence-electron chi connectivity index (χ1n) is 10.0. The van der Waals surface area contributed by atoms with Gasteiger partial charge in [-0.05, 0) is 37.7 Å². The topological polar surface area (TPSA) is 109 Å². The molecule has 3 rings (SSSR count). The van der Waals surface area contributed by atoms with Crippen LogP contribution in [0, 0.1) is 18.8 Å². The third-order valence-corrected chi connectivity index (χ3v) is 7.50. The first-order valence-corrected chi connectivity index (χ1v) is 11.8. The normalized spacial score (nSPS) is 18.2. The van der Waals surface area contributed by atoms with Gasteiger partial charge in [0.25, 0.3) is 5.56 Å². The highest BCUT2D eigenvalue weighted by atomic mass is 32.2. The number of nitrogens with one attached hydrogen (secondary N) is 1. The molecule has 0 spiro atoms. The van der Waals surface area contributed by atoms with Gasteiger partial charge in [-0.1, -0.05) is 32.0 Å². The van der Waals surface area contributed by atoms with Crippen molar-refractivity contribution >= 4 is 45.1 Å². The Morgan fingerprint density at radius 2 is 2.21 bits per heavy atom. The molecule has 158 valence electrons. The van der Waals surface area contributed by atoms with Crippen LogP contribution >= 0.6 is 23.1 Å². The van der Waals surface area contributed by atoms with Gasteiger partial charge in [0.1, 0.15) is 4.83 Å². The van der Waals surface area contributed by atoms with Gasteiger partial charge in [-0.2, -0.15) is 0 Å². The number of nitrogens with zero attached hydrogens (tertiary/aromatic N) is 2. The van der Waals surface area contributed by atoms with E-state index in [1.807, 2.05) is 6.92 Å². The van der Waals surface area contributed by atoms with Crippen molar-refractivity contribution < 1.29 is 9.59 Å². The van der Waals surface area contributed by atoms with Crippen molar-refractivity contribution in [1.29, 1.82) is 0 Å². The summed E-state index contributed by atoms with van der Waals surface area (Å²) >= 11 is 2.76. The number of piperidine rings is 1. The third kappa shape index (κ3) is 5.01. The number of thioether (sulfide) groups is 1. The van der Waals surface area contributed by atoms with Crippen molar-refractivity contribution in [2.24, 2.45) is 17.6 Å². The summed E-state index contributed by atoms with van der Waals surface area (Å²) in [5.41, 5.74) is 6.34. The number of hydrogen-bond donors (Lipinski definition) is 2. The summed E-state index contributed by atoms with van der Waals surface area (Å²) < 4.78 is 0. The number of primary amides is 1. The zero-order chi connectivity index (χ0) is 21.1. The Morgan fingerprint density at radius 3 is 2.90 bits per heavy atom. The molecule has 2 amide bonds. The zero-order valence-corrected chi connectivity index (χ0v) is 18.8. The number of carbonyl (C=O) groups excluding carboxylic acids is 2. The van der Waals surface area contributed by atoms with Gasteiger partial charge in [0.05, 0.1) is 17.1 Å². The molecule has 3 heterocycles. The molecule has 0 radical (unpaired) electrons. The number of rotatable bonds is 7. The number of aromatic amines is 1. The van der Waals surface area contributed by atoms with E-state index in [9.17, 15) is 14.4 Å². The molecule has 2 aromatic rings. The van der Waals surface area contributed by atoms with Gasteiger partial charge >= 0.3 is 0 Å². The highest BCUT2D eigenvalue weighted by molar-refractivity contribution is 7.99. The van der Waals surface area contributed by atoms with Gasteiger partial charge in [-0.3, -0.25) is 14.4 Å². The lowest BCUT2D eigenvalue weighted by molar-refractivity contribution is -0.132. The molecule has 1 fully saturated rings. The third-order valence-electron chi connectivity index (χ3n) is 5.60. The zero-order valence-electron chi connectivity index (χ0n) is 17.1. The molecule has 0 bridgehead atoms. The van der Waals surface area contributed by atoms with Crippen LogP contribution in [0.4, 0.5) is 0 Å². The summed E-state index contributed by atoms with van der Waals surface area (Å²) in [5, 5.41) is 1.14. The van der Waals surface area contributed by atoms with Crippen molar-refractivity contribution in [3.8, 4) is 0 Å². The Kier molecular flexibility index (Phi) is 7.00. The molecule has 0 aromatic carbocycles. The van der Waals surface area contributed by atoms with E-state index in [0.29, 0.717) is 29.6 Å². The number of amides is 2. The molecular formula is C20H28N4O3S2. The minimum atomic E-state index is -0.354.